The van der Waals surface area contributed by atoms with E-state index in [4.69, 9.17) is 0 Å². The van der Waals surface area contributed by atoms with E-state index in [0.717, 1.165) is 12.0 Å². The van der Waals surface area contributed by atoms with E-state index in [1.807, 2.05) is 35.2 Å². The van der Waals surface area contributed by atoms with Crippen molar-refractivity contribution in [2.24, 2.45) is 0 Å². The number of nitrogens with one attached hydrogen (secondary N) is 3. The quantitative estimate of drug-likeness (QED) is 0.305. The average Bonchev–Trinajstić information content (AvgIpc) is 2.75. The van der Waals surface area contributed by atoms with E-state index < -0.39 is 16.0 Å². The van der Waals surface area contributed by atoms with Crippen LogP contribution in [0.3, 0.4) is 0 Å². The summed E-state index contributed by atoms with van der Waals surface area (Å²) in [6, 6.07) is 11.1. The fourth-order valence-corrected chi connectivity index (χ4v) is 3.93. The molecule has 0 atom stereocenters. The summed E-state index contributed by atoms with van der Waals surface area (Å²) in [5, 5.41) is 14.4. The van der Waals surface area contributed by atoms with Gasteiger partial charge >= 0.3 is 11.1 Å². The van der Waals surface area contributed by atoms with Gasteiger partial charge in [0.25, 0.3) is 5.69 Å². The lowest BCUT2D eigenvalue weighted by Gasteiger charge is -2.28. The second-order valence-electron chi connectivity index (χ2n) is 7.49. The van der Waals surface area contributed by atoms with Gasteiger partial charge in [0.2, 0.25) is 5.91 Å². The highest BCUT2D eigenvalue weighted by atomic mass is 16.6. The van der Waals surface area contributed by atoms with Crippen LogP contribution in [0.4, 0.5) is 5.69 Å². The van der Waals surface area contributed by atoms with Crippen LogP contribution < -0.4 is 16.4 Å². The summed E-state index contributed by atoms with van der Waals surface area (Å²) in [6.07, 6.45) is 1.08. The van der Waals surface area contributed by atoms with Gasteiger partial charge in [0.15, 0.2) is 0 Å². The first-order chi connectivity index (χ1) is 14.9. The van der Waals surface area contributed by atoms with Gasteiger partial charge in [-0.15, -0.1) is 0 Å². The Hall–Kier alpha value is -3.79. The Morgan fingerprint density at radius 2 is 1.87 bits per heavy atom. The number of nitrogens with zero attached hydrogens (tertiary/aromatic N) is 2. The number of aromatic nitrogens is 2. The van der Waals surface area contributed by atoms with Crippen LogP contribution in [-0.4, -0.2) is 45.3 Å². The van der Waals surface area contributed by atoms with Gasteiger partial charge in [-0.25, -0.2) is 0 Å². The van der Waals surface area contributed by atoms with Crippen molar-refractivity contribution in [3.63, 3.8) is 0 Å². The molecule has 2 heterocycles. The van der Waals surface area contributed by atoms with Gasteiger partial charge in [-0.1, -0.05) is 30.3 Å². The number of H-pyrrole nitrogens is 2. The molecule has 0 spiro atoms. The molecule has 0 saturated heterocycles. The molecular formula is C21H21N5O5. The van der Waals surface area contributed by atoms with Crippen molar-refractivity contribution >= 4 is 22.6 Å². The number of benzene rings is 2. The van der Waals surface area contributed by atoms with E-state index >= 15 is 0 Å². The smallest absolute Gasteiger partial charge is 0.314 e. The number of nitro benzene ring substituents is 1. The summed E-state index contributed by atoms with van der Waals surface area (Å²) in [5.41, 5.74) is 0.973. The largest absolute Gasteiger partial charge is 0.355 e. The summed E-state index contributed by atoms with van der Waals surface area (Å²) in [4.78, 5) is 53.7. The third kappa shape index (κ3) is 4.38. The highest BCUT2D eigenvalue weighted by Crippen LogP contribution is 2.32. The Balaban J connectivity index is 1.51. The van der Waals surface area contributed by atoms with Crippen molar-refractivity contribution in [2.75, 3.05) is 19.6 Å². The van der Waals surface area contributed by atoms with Crippen LogP contribution in [0, 0.1) is 10.1 Å². The van der Waals surface area contributed by atoms with Gasteiger partial charge in [-0.2, -0.15) is 0 Å². The molecule has 10 nitrogen and oxygen atoms in total. The Labute approximate surface area is 176 Å². The van der Waals surface area contributed by atoms with Crippen LogP contribution in [0.1, 0.15) is 16.7 Å². The zero-order chi connectivity index (χ0) is 22.0. The van der Waals surface area contributed by atoms with E-state index in [1.165, 1.54) is 6.07 Å². The molecule has 0 radical (unpaired) electrons. The normalized spacial score (nSPS) is 13.7. The zero-order valence-electron chi connectivity index (χ0n) is 16.6. The van der Waals surface area contributed by atoms with Crippen LogP contribution in [-0.2, 0) is 24.2 Å². The number of fused-ring (bicyclic) bond motifs is 3. The third-order valence-corrected chi connectivity index (χ3v) is 5.42. The first kappa shape index (κ1) is 20.5. The maximum atomic E-state index is 12.4. The number of hydrogen-bond donors (Lipinski definition) is 3. The van der Waals surface area contributed by atoms with Crippen LogP contribution in [0.25, 0.3) is 11.0 Å². The van der Waals surface area contributed by atoms with E-state index in [1.54, 1.807) is 0 Å². The molecule has 160 valence electrons. The van der Waals surface area contributed by atoms with Crippen molar-refractivity contribution in [1.82, 2.24) is 20.2 Å². The van der Waals surface area contributed by atoms with E-state index in [2.05, 4.69) is 15.3 Å². The van der Waals surface area contributed by atoms with Crippen molar-refractivity contribution < 1.29 is 9.72 Å². The van der Waals surface area contributed by atoms with Crippen LogP contribution in [0.2, 0.25) is 0 Å². The molecule has 1 amide bonds. The molecule has 0 saturated carbocycles. The second-order valence-corrected chi connectivity index (χ2v) is 7.49. The molecule has 1 aliphatic rings. The lowest BCUT2D eigenvalue weighted by atomic mass is 9.96. The van der Waals surface area contributed by atoms with E-state index in [0.29, 0.717) is 36.2 Å². The minimum Gasteiger partial charge on any atom is -0.355 e. The highest BCUT2D eigenvalue weighted by molar-refractivity contribution is 5.83. The number of carbonyl (C=O) groups is 1. The summed E-state index contributed by atoms with van der Waals surface area (Å²) in [6.45, 7) is 1.36. The number of aromatic amines is 2. The molecule has 1 aromatic heterocycles. The Morgan fingerprint density at radius 3 is 2.61 bits per heavy atom. The average molecular weight is 423 g/mol. The molecule has 4 rings (SSSR count). The summed E-state index contributed by atoms with van der Waals surface area (Å²) >= 11 is 0. The maximum absolute atomic E-state index is 12.4. The Bertz CT molecular complexity index is 1260. The van der Waals surface area contributed by atoms with Crippen LogP contribution >= 0.6 is 0 Å². The minimum absolute atomic E-state index is 0.0999. The summed E-state index contributed by atoms with van der Waals surface area (Å²) in [5.74, 6) is -0.143. The van der Waals surface area contributed by atoms with Crippen molar-refractivity contribution in [1.29, 1.82) is 0 Å². The third-order valence-electron chi connectivity index (χ3n) is 5.42. The number of hydrogen-bond acceptors (Lipinski definition) is 6. The minimum atomic E-state index is -0.868. The van der Waals surface area contributed by atoms with E-state index in [9.17, 15) is 24.5 Å². The van der Waals surface area contributed by atoms with Crippen LogP contribution in [0.15, 0.2) is 46.0 Å². The van der Waals surface area contributed by atoms with Crippen LogP contribution in [0.5, 0.6) is 0 Å². The molecular weight excluding hydrogens is 402 g/mol. The molecule has 0 aliphatic carbocycles. The first-order valence-corrected chi connectivity index (χ1v) is 9.91. The molecule has 3 N–H and O–H groups in total. The number of carbonyl (C=O) groups excluding carboxylic acids is 1. The molecule has 0 bridgehead atoms. The maximum Gasteiger partial charge on any atom is 0.314 e. The lowest BCUT2D eigenvalue weighted by molar-refractivity contribution is -0.385. The molecule has 3 aromatic rings. The van der Waals surface area contributed by atoms with Gasteiger partial charge in [0.05, 0.1) is 22.5 Å². The lowest BCUT2D eigenvalue weighted by Crippen LogP contribution is -2.41. The van der Waals surface area contributed by atoms with Crippen molar-refractivity contribution in [3.05, 3.63) is 83.9 Å². The monoisotopic (exact) mass is 423 g/mol. The SMILES string of the molecule is O=C(CN1CCc2c([N+](=O)[O-])cc3[nH]c(=O)c(=O)[nH]c3c2C1)NCCc1ccccc1. The zero-order valence-corrected chi connectivity index (χ0v) is 16.6. The van der Waals surface area contributed by atoms with Crippen molar-refractivity contribution in [3.8, 4) is 0 Å². The van der Waals surface area contributed by atoms with Gasteiger partial charge in [0.1, 0.15) is 0 Å². The van der Waals surface area contributed by atoms with Gasteiger partial charge in [-0.05, 0) is 18.4 Å². The Kier molecular flexibility index (Phi) is 5.63. The number of nitro groups is 1. The molecule has 1 aliphatic heterocycles. The van der Waals surface area contributed by atoms with E-state index in [-0.39, 0.29) is 30.2 Å². The number of amides is 1. The van der Waals surface area contributed by atoms with Gasteiger partial charge in [-0.3, -0.25) is 29.4 Å². The fourth-order valence-electron chi connectivity index (χ4n) is 3.93. The fraction of sp³-hybridized carbons (Fsp3) is 0.286. The van der Waals surface area contributed by atoms with Gasteiger partial charge in [0, 0.05) is 36.8 Å². The first-order valence-electron chi connectivity index (χ1n) is 9.91. The molecule has 0 unspecified atom stereocenters. The second kappa shape index (κ2) is 8.52. The summed E-state index contributed by atoms with van der Waals surface area (Å²) < 4.78 is 0. The summed E-state index contributed by atoms with van der Waals surface area (Å²) in [7, 11) is 0. The topological polar surface area (TPSA) is 141 Å². The predicted molar refractivity (Wildman–Crippen MR) is 114 cm³/mol. The molecule has 10 heteroatoms. The predicted octanol–water partition coefficient (Wildman–Crippen LogP) is 0.842. The standard InChI is InChI=1S/C21H21N5O5/c27-18(22-8-6-13-4-2-1-3-5-13)12-25-9-7-14-15(11-25)19-16(10-17(14)26(30)31)23-20(28)21(29)24-19/h1-5,10H,6-9,11-12H2,(H,22,27)(H,23,28)(H,24,29). The molecule has 2 aromatic carbocycles. The van der Waals surface area contributed by atoms with Gasteiger partial charge < -0.3 is 15.3 Å². The molecule has 0 fully saturated rings. The Morgan fingerprint density at radius 1 is 1.13 bits per heavy atom. The molecule has 31 heavy (non-hydrogen) atoms. The van der Waals surface area contributed by atoms with Crippen molar-refractivity contribution in [2.45, 2.75) is 19.4 Å². The highest BCUT2D eigenvalue weighted by Gasteiger charge is 2.28. The number of rotatable bonds is 6.